The molecule has 0 spiro atoms. The second-order valence-electron chi connectivity index (χ2n) is 8.13. The number of carbonyl (C=O) groups is 2. The lowest BCUT2D eigenvalue weighted by molar-refractivity contribution is -0.126. The van der Waals surface area contributed by atoms with Gasteiger partial charge in [-0.3, -0.25) is 14.6 Å². The number of alkyl halides is 2. The summed E-state index contributed by atoms with van der Waals surface area (Å²) in [5.41, 5.74) is 5.25. The second kappa shape index (κ2) is 9.72. The highest BCUT2D eigenvalue weighted by Gasteiger charge is 2.40. The van der Waals surface area contributed by atoms with Crippen molar-refractivity contribution >= 4 is 17.5 Å². The number of carbonyl (C=O) groups excluding carboxylic acids is 2. The van der Waals surface area contributed by atoms with Crippen molar-refractivity contribution in [2.75, 3.05) is 5.73 Å². The van der Waals surface area contributed by atoms with Crippen LogP contribution in [0, 0.1) is 23.4 Å². The van der Waals surface area contributed by atoms with Crippen LogP contribution in [0.25, 0.3) is 0 Å². The summed E-state index contributed by atoms with van der Waals surface area (Å²) in [4.78, 5) is 29.4. The van der Waals surface area contributed by atoms with Gasteiger partial charge in [0, 0.05) is 24.6 Å². The highest BCUT2D eigenvalue weighted by atomic mass is 19.3. The fourth-order valence-electron chi connectivity index (χ4n) is 3.85. The Hall–Kier alpha value is -3.24. The SMILES string of the molecule is C[C@@H](NC(=O)[C@H](NC(=O)c1cc(F)ccc1N)C1CCC(F)(F)CC1)c1ncc(F)cc1F. The first kappa shape index (κ1) is 24.4. The Kier molecular flexibility index (Phi) is 7.19. The van der Waals surface area contributed by atoms with Gasteiger partial charge >= 0.3 is 0 Å². The number of hydrogen-bond donors (Lipinski definition) is 3. The number of nitrogens with two attached hydrogens (primary N) is 1. The van der Waals surface area contributed by atoms with Crippen LogP contribution in [0.15, 0.2) is 30.5 Å². The molecular formula is C22H23F5N4O2. The van der Waals surface area contributed by atoms with Gasteiger partial charge in [-0.25, -0.2) is 22.0 Å². The third-order valence-electron chi connectivity index (χ3n) is 5.67. The quantitative estimate of drug-likeness (QED) is 0.441. The van der Waals surface area contributed by atoms with E-state index < -0.39 is 66.0 Å². The summed E-state index contributed by atoms with van der Waals surface area (Å²) >= 11 is 0. The molecule has 0 bridgehead atoms. The van der Waals surface area contributed by atoms with Gasteiger partial charge in [-0.2, -0.15) is 0 Å². The highest BCUT2D eigenvalue weighted by Crippen LogP contribution is 2.37. The van der Waals surface area contributed by atoms with E-state index in [2.05, 4.69) is 15.6 Å². The van der Waals surface area contributed by atoms with E-state index in [0.717, 1.165) is 18.3 Å². The van der Waals surface area contributed by atoms with E-state index >= 15 is 0 Å². The van der Waals surface area contributed by atoms with Crippen LogP contribution in [-0.2, 0) is 4.79 Å². The van der Waals surface area contributed by atoms with Crippen LogP contribution in [0.5, 0.6) is 0 Å². The molecule has 1 heterocycles. The van der Waals surface area contributed by atoms with Gasteiger partial charge in [-0.15, -0.1) is 0 Å². The fraction of sp³-hybridized carbons (Fsp3) is 0.409. The smallest absolute Gasteiger partial charge is 0.254 e. The maximum atomic E-state index is 14.0. The number of pyridine rings is 1. The fourth-order valence-corrected chi connectivity index (χ4v) is 3.85. The largest absolute Gasteiger partial charge is 0.398 e. The minimum Gasteiger partial charge on any atom is -0.398 e. The van der Waals surface area contributed by atoms with Crippen molar-refractivity contribution in [3.05, 3.63) is 59.2 Å². The molecule has 1 aliphatic carbocycles. The lowest BCUT2D eigenvalue weighted by Gasteiger charge is -2.34. The van der Waals surface area contributed by atoms with Gasteiger partial charge in [0.15, 0.2) is 0 Å². The van der Waals surface area contributed by atoms with Gasteiger partial charge in [-0.05, 0) is 43.9 Å². The lowest BCUT2D eigenvalue weighted by atomic mass is 9.81. The van der Waals surface area contributed by atoms with E-state index in [-0.39, 0.29) is 29.8 Å². The molecule has 1 fully saturated rings. The molecule has 0 aliphatic heterocycles. The number of benzene rings is 1. The van der Waals surface area contributed by atoms with Crippen LogP contribution >= 0.6 is 0 Å². The maximum absolute atomic E-state index is 14.0. The van der Waals surface area contributed by atoms with Crippen LogP contribution in [0.3, 0.4) is 0 Å². The molecule has 1 aromatic carbocycles. The third-order valence-corrected chi connectivity index (χ3v) is 5.67. The van der Waals surface area contributed by atoms with Crippen molar-refractivity contribution in [3.63, 3.8) is 0 Å². The zero-order valence-corrected chi connectivity index (χ0v) is 17.7. The zero-order chi connectivity index (χ0) is 24.3. The molecule has 1 aromatic heterocycles. The number of nitrogens with zero attached hydrogens (tertiary/aromatic N) is 1. The number of amides is 2. The second-order valence-corrected chi connectivity index (χ2v) is 8.13. The summed E-state index contributed by atoms with van der Waals surface area (Å²) in [5.74, 6) is -7.75. The van der Waals surface area contributed by atoms with Crippen LogP contribution < -0.4 is 16.4 Å². The summed E-state index contributed by atoms with van der Waals surface area (Å²) in [6.45, 7) is 1.40. The Bertz CT molecular complexity index is 1040. The summed E-state index contributed by atoms with van der Waals surface area (Å²) in [5, 5.41) is 4.95. The molecule has 6 nitrogen and oxygen atoms in total. The number of nitrogens with one attached hydrogen (secondary N) is 2. The predicted octanol–water partition coefficient (Wildman–Crippen LogP) is 3.88. The van der Waals surface area contributed by atoms with Gasteiger partial charge in [0.25, 0.3) is 5.91 Å². The molecular weight excluding hydrogens is 447 g/mol. The molecule has 2 atom stereocenters. The molecule has 1 aliphatic rings. The van der Waals surface area contributed by atoms with Crippen LogP contribution in [0.4, 0.5) is 27.6 Å². The molecule has 2 amide bonds. The molecule has 178 valence electrons. The molecule has 2 aromatic rings. The first-order chi connectivity index (χ1) is 15.5. The topological polar surface area (TPSA) is 97.1 Å². The van der Waals surface area contributed by atoms with Gasteiger partial charge in [0.1, 0.15) is 23.5 Å². The summed E-state index contributed by atoms with van der Waals surface area (Å²) in [7, 11) is 0. The standard InChI is InChI=1S/C22H23F5N4O2/c1-11(18-16(25)9-14(24)10-29-18)30-21(33)19(12-4-6-22(26,27)7-5-12)31-20(32)15-8-13(23)2-3-17(15)28/h2-3,8-12,19H,4-7,28H2,1H3,(H,30,33)(H,31,32)/t11-,19-/m1/s1. The van der Waals surface area contributed by atoms with Crippen molar-refractivity contribution in [1.82, 2.24) is 15.6 Å². The lowest BCUT2D eigenvalue weighted by Crippen LogP contribution is -2.52. The first-order valence-corrected chi connectivity index (χ1v) is 10.3. The van der Waals surface area contributed by atoms with E-state index in [1.807, 2.05) is 0 Å². The van der Waals surface area contributed by atoms with Gasteiger partial charge in [0.2, 0.25) is 11.8 Å². The molecule has 0 radical (unpaired) electrons. The Morgan fingerprint density at radius 1 is 1.09 bits per heavy atom. The Morgan fingerprint density at radius 3 is 2.39 bits per heavy atom. The number of aromatic nitrogens is 1. The predicted molar refractivity (Wildman–Crippen MR) is 110 cm³/mol. The van der Waals surface area contributed by atoms with Crippen molar-refractivity contribution in [2.45, 2.75) is 50.6 Å². The number of rotatable bonds is 6. The van der Waals surface area contributed by atoms with Crippen molar-refractivity contribution in [1.29, 1.82) is 0 Å². The normalized spacial score (nSPS) is 17.8. The number of hydrogen-bond acceptors (Lipinski definition) is 4. The summed E-state index contributed by atoms with van der Waals surface area (Å²) < 4.78 is 68.1. The molecule has 4 N–H and O–H groups in total. The van der Waals surface area contributed by atoms with Crippen molar-refractivity contribution in [2.24, 2.45) is 5.92 Å². The summed E-state index contributed by atoms with van der Waals surface area (Å²) in [6, 6.07) is 1.47. The van der Waals surface area contributed by atoms with Crippen LogP contribution in [-0.4, -0.2) is 28.8 Å². The molecule has 0 saturated heterocycles. The van der Waals surface area contributed by atoms with E-state index in [1.165, 1.54) is 13.0 Å². The zero-order valence-electron chi connectivity index (χ0n) is 17.7. The number of nitrogen functional groups attached to an aromatic ring is 1. The molecule has 0 unspecified atom stereocenters. The van der Waals surface area contributed by atoms with Gasteiger partial charge in [-0.1, -0.05) is 0 Å². The highest BCUT2D eigenvalue weighted by molar-refractivity contribution is 6.01. The Labute approximate surface area is 186 Å². The van der Waals surface area contributed by atoms with Gasteiger partial charge < -0.3 is 16.4 Å². The first-order valence-electron chi connectivity index (χ1n) is 10.3. The monoisotopic (exact) mass is 470 g/mol. The van der Waals surface area contributed by atoms with Crippen LogP contribution in [0.1, 0.15) is 54.7 Å². The summed E-state index contributed by atoms with van der Waals surface area (Å²) in [6.07, 6.45) is -0.258. The van der Waals surface area contributed by atoms with E-state index in [4.69, 9.17) is 5.73 Å². The molecule has 1 saturated carbocycles. The van der Waals surface area contributed by atoms with Crippen molar-refractivity contribution in [3.8, 4) is 0 Å². The third kappa shape index (κ3) is 5.96. The van der Waals surface area contributed by atoms with Gasteiger partial charge in [0.05, 0.1) is 23.5 Å². The van der Waals surface area contributed by atoms with E-state index in [9.17, 15) is 31.5 Å². The number of halogens is 5. The molecule has 3 rings (SSSR count). The maximum Gasteiger partial charge on any atom is 0.254 e. The van der Waals surface area contributed by atoms with E-state index in [1.54, 1.807) is 0 Å². The average Bonchev–Trinajstić information content (AvgIpc) is 2.73. The minimum absolute atomic E-state index is 0.0332. The minimum atomic E-state index is -2.87. The molecule has 33 heavy (non-hydrogen) atoms. The van der Waals surface area contributed by atoms with Crippen LogP contribution in [0.2, 0.25) is 0 Å². The Morgan fingerprint density at radius 2 is 1.76 bits per heavy atom. The Balaban J connectivity index is 1.82. The number of anilines is 1. The molecule has 11 heteroatoms. The van der Waals surface area contributed by atoms with Crippen molar-refractivity contribution < 1.29 is 31.5 Å². The van der Waals surface area contributed by atoms with E-state index in [0.29, 0.717) is 6.07 Å². The average molecular weight is 470 g/mol.